The summed E-state index contributed by atoms with van der Waals surface area (Å²) in [5.41, 5.74) is 6.90. The van der Waals surface area contributed by atoms with Crippen LogP contribution in [0.1, 0.15) is 31.2 Å². The number of amides is 1. The Labute approximate surface area is 117 Å². The van der Waals surface area contributed by atoms with Gasteiger partial charge in [0.2, 0.25) is 5.91 Å². The minimum Gasteiger partial charge on any atom is -0.338 e. The van der Waals surface area contributed by atoms with Gasteiger partial charge in [-0.15, -0.1) is 0 Å². The number of halogens is 2. The van der Waals surface area contributed by atoms with Crippen LogP contribution in [-0.4, -0.2) is 36.1 Å². The van der Waals surface area contributed by atoms with Crippen LogP contribution in [0.3, 0.4) is 0 Å². The second-order valence-electron chi connectivity index (χ2n) is 5.26. The maximum atomic E-state index is 13.2. The highest BCUT2D eigenvalue weighted by Gasteiger charge is 2.33. The largest absolute Gasteiger partial charge is 0.338 e. The number of hydrogen-bond donors (Lipinski definition) is 1. The third-order valence-corrected chi connectivity index (χ3v) is 3.90. The van der Waals surface area contributed by atoms with Gasteiger partial charge in [0.15, 0.2) is 0 Å². The lowest BCUT2D eigenvalue weighted by Gasteiger charge is -2.26. The van der Waals surface area contributed by atoms with Crippen LogP contribution >= 0.6 is 0 Å². The third-order valence-electron chi connectivity index (χ3n) is 3.90. The number of carbonyl (C=O) groups excluding carboxylic acids is 1. The maximum absolute atomic E-state index is 13.2. The lowest BCUT2D eigenvalue weighted by atomic mass is 9.89. The van der Waals surface area contributed by atoms with E-state index in [4.69, 9.17) is 5.73 Å². The van der Waals surface area contributed by atoms with Crippen molar-refractivity contribution in [3.8, 4) is 0 Å². The summed E-state index contributed by atoms with van der Waals surface area (Å²) in [6, 6.07) is 5.32. The molecule has 5 heteroatoms. The van der Waals surface area contributed by atoms with Gasteiger partial charge in [0.1, 0.15) is 12.0 Å². The molecule has 0 unspecified atom stereocenters. The number of rotatable bonds is 4. The van der Waals surface area contributed by atoms with Crippen LogP contribution in [-0.2, 0) is 4.79 Å². The Morgan fingerprint density at radius 1 is 1.45 bits per heavy atom. The molecule has 0 spiro atoms. The first-order valence-corrected chi connectivity index (χ1v) is 6.96. The first-order valence-electron chi connectivity index (χ1n) is 6.96. The highest BCUT2D eigenvalue weighted by atomic mass is 19.1. The highest BCUT2D eigenvalue weighted by Crippen LogP contribution is 2.25. The summed E-state index contributed by atoms with van der Waals surface area (Å²) in [7, 11) is 0. The zero-order valence-corrected chi connectivity index (χ0v) is 11.6. The summed E-state index contributed by atoms with van der Waals surface area (Å²) in [5, 5.41) is 0. The summed E-state index contributed by atoms with van der Waals surface area (Å²) in [6.45, 7) is 2.49. The van der Waals surface area contributed by atoms with Gasteiger partial charge >= 0.3 is 0 Å². The van der Waals surface area contributed by atoms with Gasteiger partial charge in [0, 0.05) is 12.5 Å². The number of benzene rings is 1. The van der Waals surface area contributed by atoms with E-state index < -0.39 is 12.2 Å². The van der Waals surface area contributed by atoms with E-state index >= 15 is 0 Å². The van der Waals surface area contributed by atoms with E-state index in [0.717, 1.165) is 5.56 Å². The number of nitrogens with zero attached hydrogens (tertiary/aromatic N) is 1. The average molecular weight is 282 g/mol. The van der Waals surface area contributed by atoms with Crippen molar-refractivity contribution in [2.75, 3.05) is 13.1 Å². The van der Waals surface area contributed by atoms with Gasteiger partial charge in [-0.1, -0.05) is 19.1 Å². The second kappa shape index (κ2) is 6.31. The Balaban J connectivity index is 2.10. The molecule has 0 bridgehead atoms. The van der Waals surface area contributed by atoms with Crippen LogP contribution in [0.2, 0.25) is 0 Å². The van der Waals surface area contributed by atoms with Crippen molar-refractivity contribution in [2.45, 2.75) is 37.9 Å². The molecule has 1 aromatic rings. The molecule has 1 amide bonds. The van der Waals surface area contributed by atoms with Crippen LogP contribution in [0.15, 0.2) is 24.3 Å². The van der Waals surface area contributed by atoms with Crippen LogP contribution in [0.25, 0.3) is 0 Å². The molecular formula is C15H20F2N2O. The van der Waals surface area contributed by atoms with E-state index in [2.05, 4.69) is 0 Å². The molecule has 0 aliphatic carbocycles. The SMILES string of the molecule is CC[C@@H](c1ccc(F)cc1)[C@H](N)C(=O)N1CC[C@H](F)C1. The van der Waals surface area contributed by atoms with Crippen LogP contribution in [0, 0.1) is 5.82 Å². The van der Waals surface area contributed by atoms with E-state index in [-0.39, 0.29) is 24.2 Å². The minimum absolute atomic E-state index is 0.131. The summed E-state index contributed by atoms with van der Waals surface area (Å²) in [6.07, 6.45) is 0.106. The smallest absolute Gasteiger partial charge is 0.240 e. The van der Waals surface area contributed by atoms with Gasteiger partial charge in [-0.3, -0.25) is 4.79 Å². The zero-order chi connectivity index (χ0) is 14.7. The summed E-state index contributed by atoms with van der Waals surface area (Å²) in [5.74, 6) is -0.716. The molecular weight excluding hydrogens is 262 g/mol. The van der Waals surface area contributed by atoms with Crippen LogP contribution in [0.5, 0.6) is 0 Å². The van der Waals surface area contributed by atoms with Gasteiger partial charge in [-0.05, 0) is 30.5 Å². The fraction of sp³-hybridized carbons (Fsp3) is 0.533. The van der Waals surface area contributed by atoms with E-state index in [0.29, 0.717) is 19.4 Å². The third kappa shape index (κ3) is 3.15. The van der Waals surface area contributed by atoms with E-state index in [1.165, 1.54) is 17.0 Å². The first-order chi connectivity index (χ1) is 9.52. The van der Waals surface area contributed by atoms with E-state index in [1.807, 2.05) is 6.92 Å². The lowest BCUT2D eigenvalue weighted by molar-refractivity contribution is -0.132. The van der Waals surface area contributed by atoms with Gasteiger partial charge in [0.25, 0.3) is 0 Å². The Hall–Kier alpha value is -1.49. The molecule has 0 radical (unpaired) electrons. The molecule has 1 saturated heterocycles. The number of likely N-dealkylation sites (tertiary alicyclic amines) is 1. The highest BCUT2D eigenvalue weighted by molar-refractivity contribution is 5.83. The molecule has 1 aliphatic heterocycles. The first kappa shape index (κ1) is 14.9. The topological polar surface area (TPSA) is 46.3 Å². The van der Waals surface area contributed by atoms with Gasteiger partial charge in [-0.25, -0.2) is 8.78 Å². The predicted molar refractivity (Wildman–Crippen MR) is 73.5 cm³/mol. The monoisotopic (exact) mass is 282 g/mol. The number of nitrogens with two attached hydrogens (primary N) is 1. The fourth-order valence-corrected chi connectivity index (χ4v) is 2.71. The minimum atomic E-state index is -0.947. The molecule has 0 saturated carbocycles. The number of alkyl halides is 1. The molecule has 20 heavy (non-hydrogen) atoms. The lowest BCUT2D eigenvalue weighted by Crippen LogP contribution is -2.46. The second-order valence-corrected chi connectivity index (χ2v) is 5.26. The van der Waals surface area contributed by atoms with Crippen molar-refractivity contribution in [1.82, 2.24) is 4.90 Å². The fourth-order valence-electron chi connectivity index (χ4n) is 2.71. The van der Waals surface area contributed by atoms with E-state index in [1.54, 1.807) is 12.1 Å². The average Bonchev–Trinajstić information content (AvgIpc) is 2.87. The normalized spacial score (nSPS) is 21.8. The Kier molecular flexibility index (Phi) is 4.70. The van der Waals surface area contributed by atoms with Crippen molar-refractivity contribution in [1.29, 1.82) is 0 Å². The summed E-state index contributed by atoms with van der Waals surface area (Å²) < 4.78 is 26.1. The molecule has 1 heterocycles. The standard InChI is InChI=1S/C15H20F2N2O/c1-2-13(10-3-5-11(16)6-4-10)14(18)15(20)19-8-7-12(17)9-19/h3-6,12-14H,2,7-9,18H2,1H3/t12-,13-,14-/m0/s1. The number of hydrogen-bond acceptors (Lipinski definition) is 2. The maximum Gasteiger partial charge on any atom is 0.240 e. The molecule has 1 fully saturated rings. The van der Waals surface area contributed by atoms with Crippen molar-refractivity contribution in [3.05, 3.63) is 35.6 Å². The van der Waals surface area contributed by atoms with Crippen molar-refractivity contribution in [3.63, 3.8) is 0 Å². The van der Waals surface area contributed by atoms with Crippen molar-refractivity contribution < 1.29 is 13.6 Å². The quantitative estimate of drug-likeness (QED) is 0.920. The van der Waals surface area contributed by atoms with E-state index in [9.17, 15) is 13.6 Å². The molecule has 1 aliphatic rings. The van der Waals surface area contributed by atoms with Crippen LogP contribution in [0.4, 0.5) is 8.78 Å². The Morgan fingerprint density at radius 2 is 2.10 bits per heavy atom. The number of carbonyl (C=O) groups is 1. The van der Waals surface area contributed by atoms with Crippen molar-refractivity contribution >= 4 is 5.91 Å². The van der Waals surface area contributed by atoms with Gasteiger partial charge in [0.05, 0.1) is 12.6 Å². The van der Waals surface area contributed by atoms with Gasteiger partial charge in [-0.2, -0.15) is 0 Å². The molecule has 110 valence electrons. The summed E-state index contributed by atoms with van der Waals surface area (Å²) >= 11 is 0. The Bertz CT molecular complexity index is 463. The molecule has 2 N–H and O–H groups in total. The summed E-state index contributed by atoms with van der Waals surface area (Å²) in [4.78, 5) is 13.8. The predicted octanol–water partition coefficient (Wildman–Crippen LogP) is 2.22. The van der Waals surface area contributed by atoms with Gasteiger partial charge < -0.3 is 10.6 Å². The molecule has 3 atom stereocenters. The molecule has 1 aromatic carbocycles. The Morgan fingerprint density at radius 3 is 2.60 bits per heavy atom. The molecule has 2 rings (SSSR count). The van der Waals surface area contributed by atoms with Crippen molar-refractivity contribution in [2.24, 2.45) is 5.73 Å². The molecule has 0 aromatic heterocycles. The molecule has 3 nitrogen and oxygen atoms in total. The zero-order valence-electron chi connectivity index (χ0n) is 11.6. The van der Waals surface area contributed by atoms with Crippen LogP contribution < -0.4 is 5.73 Å².